The molecule has 540 valence electrons. The van der Waals surface area contributed by atoms with Crippen molar-refractivity contribution in [2.75, 3.05) is 127 Å². The molecule has 0 amide bonds. The number of hydrogen-bond donors (Lipinski definition) is 3. The number of imidazole rings is 3. The number of nitrogens with zero attached hydrogens (tertiary/aromatic N) is 15. The van der Waals surface area contributed by atoms with Gasteiger partial charge in [0.15, 0.2) is 0 Å². The van der Waals surface area contributed by atoms with Crippen LogP contribution in [-0.2, 0) is 64.8 Å². The molecule has 3 saturated heterocycles. The third-order valence-corrected chi connectivity index (χ3v) is 22.7. The molecular formula is C86H100N18O. The number of likely N-dealkylation sites (tertiary alicyclic amines) is 2. The molecule has 12 heterocycles. The van der Waals surface area contributed by atoms with Gasteiger partial charge in [0.25, 0.3) is 0 Å². The van der Waals surface area contributed by atoms with Gasteiger partial charge in [-0.2, -0.15) is 0 Å². The molecule has 3 unspecified atom stereocenters. The fourth-order valence-electron chi connectivity index (χ4n) is 16.4. The maximum absolute atomic E-state index is 5.66. The zero-order chi connectivity index (χ0) is 70.8. The van der Waals surface area contributed by atoms with Gasteiger partial charge < -0.3 is 34.4 Å². The fraction of sp³-hybridized carbons (Fsp3) is 0.372. The van der Waals surface area contributed by atoms with E-state index in [9.17, 15) is 0 Å². The number of pyridine rings is 3. The van der Waals surface area contributed by atoms with Crippen molar-refractivity contribution in [3.8, 4) is 33.4 Å². The Balaban J connectivity index is 0.000000121. The SMILES string of the molecule is Cn1cnc2ccc(-c3cncc(NCC(CN4CCc5ccccc5C4)N4CCC4)c3)cc21.Cn1cnc2ccc(-c3cncc(NCC(CN4CCc5ccccc5C4)N4CCCC4)c3)cc21.Cn1cnc2ccc(-c3cncc(NCC(CN4CCc5ccccc5C4)N4CCOCC4)c3)cc21. The van der Waals surface area contributed by atoms with E-state index < -0.39 is 0 Å². The molecule has 6 aromatic carbocycles. The van der Waals surface area contributed by atoms with Gasteiger partial charge in [0.05, 0.1) is 82.4 Å². The van der Waals surface area contributed by atoms with Gasteiger partial charge in [-0.3, -0.25) is 44.4 Å². The number of nitrogens with one attached hydrogen (secondary N) is 3. The normalized spacial score (nSPS) is 17.5. The summed E-state index contributed by atoms with van der Waals surface area (Å²) in [6, 6.07) is 54.0. The molecule has 105 heavy (non-hydrogen) atoms. The Labute approximate surface area is 617 Å². The summed E-state index contributed by atoms with van der Waals surface area (Å²) in [5.74, 6) is 0. The van der Waals surface area contributed by atoms with Crippen molar-refractivity contribution < 1.29 is 4.74 Å². The van der Waals surface area contributed by atoms with Gasteiger partial charge >= 0.3 is 0 Å². The molecule has 6 aliphatic rings. The number of rotatable bonds is 21. The van der Waals surface area contributed by atoms with Crippen LogP contribution >= 0.6 is 0 Å². The van der Waals surface area contributed by atoms with Crippen LogP contribution in [0, 0.1) is 0 Å². The topological polar surface area (TPSA) is 157 Å². The van der Waals surface area contributed by atoms with Crippen LogP contribution in [-0.4, -0.2) is 203 Å². The lowest BCUT2D eigenvalue weighted by Gasteiger charge is -2.42. The van der Waals surface area contributed by atoms with Crippen molar-refractivity contribution in [2.24, 2.45) is 21.1 Å². The monoisotopic (exact) mass is 1400 g/mol. The molecule has 3 atom stereocenters. The highest BCUT2D eigenvalue weighted by atomic mass is 16.5. The van der Waals surface area contributed by atoms with Crippen molar-refractivity contribution in [3.05, 3.63) is 235 Å². The zero-order valence-electron chi connectivity index (χ0n) is 61.3. The van der Waals surface area contributed by atoms with Gasteiger partial charge in [-0.25, -0.2) is 15.0 Å². The molecule has 0 saturated carbocycles. The van der Waals surface area contributed by atoms with Gasteiger partial charge in [-0.15, -0.1) is 0 Å². The van der Waals surface area contributed by atoms with Crippen LogP contribution in [0.5, 0.6) is 0 Å². The van der Waals surface area contributed by atoms with Gasteiger partial charge in [0, 0.05) is 185 Å². The van der Waals surface area contributed by atoms with Crippen molar-refractivity contribution >= 4 is 50.2 Å². The second-order valence-electron chi connectivity index (χ2n) is 29.7. The molecule has 0 radical (unpaired) electrons. The van der Waals surface area contributed by atoms with E-state index in [1.54, 1.807) is 0 Å². The van der Waals surface area contributed by atoms with E-state index in [1.807, 2.05) is 77.3 Å². The summed E-state index contributed by atoms with van der Waals surface area (Å²) in [6.07, 6.45) is 24.6. The predicted molar refractivity (Wildman–Crippen MR) is 424 cm³/mol. The summed E-state index contributed by atoms with van der Waals surface area (Å²) in [7, 11) is 6.10. The van der Waals surface area contributed by atoms with Crippen LogP contribution in [0.1, 0.15) is 52.6 Å². The quantitative estimate of drug-likeness (QED) is 0.0624. The standard InChI is InChI=1S/C29H34N6O.C29H34N6.C28H32N6/c1-33-21-32-28-7-6-23(15-29(28)33)25-14-26(17-30-16-25)31-18-27(35-10-12-36-13-11-35)20-34-9-8-22-4-2-3-5-24(22)19-34;1-33-21-32-28-9-8-23(15-29(28)33)25-14-26(17-30-16-25)31-18-27(35-11-4-5-12-35)20-34-13-10-22-6-2-3-7-24(22)19-34;1-32-20-31-27-8-7-22(14-28(27)32)24-13-25(16-29-15-24)30-17-26(34-10-4-11-34)19-33-12-9-21-5-2-3-6-23(21)18-33/h2-7,14-17,21,27,31H,8-13,18-20H2,1H3;2-3,6-9,14-17,21,27,31H,4-5,10-13,18-20H2,1H3;2-3,5-8,13-16,20,26,30H,4,9-12,17-19H2,1H3. The highest BCUT2D eigenvalue weighted by Crippen LogP contribution is 2.31. The minimum absolute atomic E-state index is 0.411. The number of fused-ring (bicyclic) bond motifs is 6. The van der Waals surface area contributed by atoms with Crippen molar-refractivity contribution in [3.63, 3.8) is 0 Å². The average molecular weight is 1400 g/mol. The molecule has 18 rings (SSSR count). The third-order valence-electron chi connectivity index (χ3n) is 22.7. The molecule has 19 nitrogen and oxygen atoms in total. The minimum Gasteiger partial charge on any atom is -0.382 e. The minimum atomic E-state index is 0.411. The fourth-order valence-corrected chi connectivity index (χ4v) is 16.4. The van der Waals surface area contributed by atoms with Crippen LogP contribution in [0.25, 0.3) is 66.5 Å². The highest BCUT2D eigenvalue weighted by Gasteiger charge is 2.30. The third kappa shape index (κ3) is 16.9. The molecule has 3 fully saturated rings. The summed E-state index contributed by atoms with van der Waals surface area (Å²) in [5.41, 5.74) is 25.5. The Hall–Kier alpha value is -9.70. The van der Waals surface area contributed by atoms with Gasteiger partial charge in [-0.05, 0) is 169 Å². The maximum atomic E-state index is 5.66. The van der Waals surface area contributed by atoms with Crippen LogP contribution in [0.3, 0.4) is 0 Å². The smallest absolute Gasteiger partial charge is 0.0955 e. The summed E-state index contributed by atoms with van der Waals surface area (Å²) >= 11 is 0. The second kappa shape index (κ2) is 32.8. The van der Waals surface area contributed by atoms with E-state index in [0.29, 0.717) is 18.1 Å². The first-order chi connectivity index (χ1) is 51.7. The van der Waals surface area contributed by atoms with Crippen molar-refractivity contribution in [1.82, 2.24) is 73.0 Å². The van der Waals surface area contributed by atoms with E-state index in [0.717, 1.165) is 197 Å². The van der Waals surface area contributed by atoms with Crippen LogP contribution in [0.15, 0.2) is 202 Å². The highest BCUT2D eigenvalue weighted by molar-refractivity contribution is 5.85. The lowest BCUT2D eigenvalue weighted by atomic mass is 9.99. The summed E-state index contributed by atoms with van der Waals surface area (Å²) in [5, 5.41) is 11.2. The van der Waals surface area contributed by atoms with E-state index in [4.69, 9.17) is 4.74 Å². The molecule has 0 bridgehead atoms. The Morgan fingerprint density at radius 1 is 0.343 bits per heavy atom. The van der Waals surface area contributed by atoms with Gasteiger partial charge in [-0.1, -0.05) is 91.0 Å². The van der Waals surface area contributed by atoms with E-state index in [1.165, 1.54) is 89.9 Å². The van der Waals surface area contributed by atoms with Gasteiger partial charge in [0.2, 0.25) is 0 Å². The van der Waals surface area contributed by atoms with E-state index >= 15 is 0 Å². The maximum Gasteiger partial charge on any atom is 0.0955 e. The molecule has 6 aliphatic heterocycles. The zero-order valence-corrected chi connectivity index (χ0v) is 61.3. The van der Waals surface area contributed by atoms with Gasteiger partial charge in [0.1, 0.15) is 0 Å². The van der Waals surface area contributed by atoms with Crippen molar-refractivity contribution in [2.45, 2.75) is 76.3 Å². The molecule has 19 heteroatoms. The first-order valence-electron chi connectivity index (χ1n) is 38.2. The molecular weight excluding hydrogens is 1300 g/mol. The number of anilines is 3. The van der Waals surface area contributed by atoms with Crippen molar-refractivity contribution in [1.29, 1.82) is 0 Å². The number of hydrogen-bond acceptors (Lipinski definition) is 16. The summed E-state index contributed by atoms with van der Waals surface area (Å²) in [6.45, 7) is 21.0. The number of ether oxygens (including phenoxy) is 1. The summed E-state index contributed by atoms with van der Waals surface area (Å²) in [4.78, 5) is 42.8. The lowest BCUT2D eigenvalue weighted by molar-refractivity contribution is 0.0102. The Bertz CT molecular complexity index is 4890. The largest absolute Gasteiger partial charge is 0.382 e. The van der Waals surface area contributed by atoms with E-state index in [-0.39, 0.29) is 0 Å². The van der Waals surface area contributed by atoms with Crippen LogP contribution in [0.4, 0.5) is 17.1 Å². The number of morpholine rings is 1. The first kappa shape index (κ1) is 69.7. The lowest BCUT2D eigenvalue weighted by Crippen LogP contribution is -2.53. The Kier molecular flexibility index (Phi) is 21.7. The van der Waals surface area contributed by atoms with Crippen LogP contribution in [0.2, 0.25) is 0 Å². The molecule has 3 N–H and O–H groups in total. The molecule has 0 aliphatic carbocycles. The number of aromatic nitrogens is 9. The first-order valence-corrected chi connectivity index (χ1v) is 38.2. The summed E-state index contributed by atoms with van der Waals surface area (Å²) < 4.78 is 11.8. The number of benzene rings is 6. The Morgan fingerprint density at radius 3 is 1.00 bits per heavy atom. The number of aryl methyl sites for hydroxylation is 3. The van der Waals surface area contributed by atoms with Crippen LogP contribution < -0.4 is 16.0 Å². The Morgan fingerprint density at radius 2 is 0.667 bits per heavy atom. The average Bonchev–Trinajstić information content (AvgIpc) is 1.77. The second-order valence-corrected chi connectivity index (χ2v) is 29.7. The predicted octanol–water partition coefficient (Wildman–Crippen LogP) is 12.6. The molecule has 12 aromatic rings. The molecule has 6 aromatic heterocycles. The molecule has 0 spiro atoms. The van der Waals surface area contributed by atoms with E-state index in [2.05, 4.69) is 235 Å².